The van der Waals surface area contributed by atoms with Gasteiger partial charge in [0.15, 0.2) is 0 Å². The molecule has 0 saturated carbocycles. The molecule has 1 N–H and O–H groups in total. The standard InChI is InChI=1S/C26H28N4O.CH3F/c1-4-5-22-26-21-9-8-20(15-24(21)29(3)23(26)10-12-27-22)30-13-11-18(14-25(30)31)19-7-6-17(2)28-16-19;1-2/h6-9,11,13-16,22,27H,4-5,10,12H2,1-3H3;1H3. The molecular weight excluding hydrogens is 415 g/mol. The van der Waals surface area contributed by atoms with Crippen LogP contribution in [-0.4, -0.2) is 27.8 Å². The van der Waals surface area contributed by atoms with Crippen molar-refractivity contribution in [3.8, 4) is 16.8 Å². The first-order valence-electron chi connectivity index (χ1n) is 11.5. The van der Waals surface area contributed by atoms with E-state index in [4.69, 9.17) is 0 Å². The molecule has 33 heavy (non-hydrogen) atoms. The molecular formula is C27H31FN4O. The topological polar surface area (TPSA) is 51.9 Å². The van der Waals surface area contributed by atoms with Gasteiger partial charge in [-0.1, -0.05) is 25.5 Å². The van der Waals surface area contributed by atoms with Crippen LogP contribution in [-0.2, 0) is 13.5 Å². The largest absolute Gasteiger partial charge is 0.347 e. The van der Waals surface area contributed by atoms with Crippen molar-refractivity contribution >= 4 is 10.9 Å². The highest BCUT2D eigenvalue weighted by atomic mass is 19.1. The lowest BCUT2D eigenvalue weighted by atomic mass is 9.94. The molecule has 1 aliphatic heterocycles. The van der Waals surface area contributed by atoms with Gasteiger partial charge >= 0.3 is 0 Å². The summed E-state index contributed by atoms with van der Waals surface area (Å²) in [5, 5.41) is 4.98. The van der Waals surface area contributed by atoms with Crippen molar-refractivity contribution in [1.82, 2.24) is 19.4 Å². The molecule has 172 valence electrons. The van der Waals surface area contributed by atoms with Gasteiger partial charge in [0, 0.05) is 66.9 Å². The quantitative estimate of drug-likeness (QED) is 0.465. The first kappa shape index (κ1) is 22.9. The number of alkyl halides is 1. The maximum absolute atomic E-state index is 13.0. The van der Waals surface area contributed by atoms with E-state index in [1.54, 1.807) is 10.6 Å². The second kappa shape index (κ2) is 9.71. The third-order valence-electron chi connectivity index (χ3n) is 6.47. The molecule has 5 nitrogen and oxygen atoms in total. The van der Waals surface area contributed by atoms with Crippen LogP contribution in [0.25, 0.3) is 27.7 Å². The van der Waals surface area contributed by atoms with Crippen LogP contribution in [0, 0.1) is 6.92 Å². The molecule has 5 rings (SSSR count). The Bertz CT molecular complexity index is 1320. The van der Waals surface area contributed by atoms with Gasteiger partial charge in [-0.25, -0.2) is 0 Å². The van der Waals surface area contributed by atoms with E-state index in [9.17, 15) is 9.18 Å². The van der Waals surface area contributed by atoms with Crippen molar-refractivity contribution < 1.29 is 4.39 Å². The molecule has 0 fully saturated rings. The summed E-state index contributed by atoms with van der Waals surface area (Å²) < 4.78 is 13.5. The molecule has 6 heteroatoms. The Hall–Kier alpha value is -3.25. The van der Waals surface area contributed by atoms with E-state index < -0.39 is 0 Å². The van der Waals surface area contributed by atoms with Crippen LogP contribution in [0.4, 0.5) is 4.39 Å². The molecule has 4 heterocycles. The third-order valence-corrected chi connectivity index (χ3v) is 6.47. The molecule has 0 saturated heterocycles. The summed E-state index contributed by atoms with van der Waals surface area (Å²) in [4.78, 5) is 17.3. The fourth-order valence-corrected chi connectivity index (χ4v) is 4.86. The molecule has 1 unspecified atom stereocenters. The highest BCUT2D eigenvalue weighted by Gasteiger charge is 2.25. The summed E-state index contributed by atoms with van der Waals surface area (Å²) in [5.74, 6) is 0. The van der Waals surface area contributed by atoms with Crippen LogP contribution in [0.15, 0.2) is 59.7 Å². The minimum atomic E-state index is -0.0399. The second-order valence-electron chi connectivity index (χ2n) is 8.48. The zero-order chi connectivity index (χ0) is 23.5. The van der Waals surface area contributed by atoms with Crippen molar-refractivity contribution in [3.63, 3.8) is 0 Å². The first-order chi connectivity index (χ1) is 16.1. The van der Waals surface area contributed by atoms with Gasteiger partial charge in [0.05, 0.1) is 18.4 Å². The smallest absolute Gasteiger partial charge is 0.255 e. The molecule has 0 aliphatic carbocycles. The number of nitrogens with one attached hydrogen (secondary N) is 1. The van der Waals surface area contributed by atoms with Crippen molar-refractivity contribution in [2.45, 2.75) is 39.2 Å². The van der Waals surface area contributed by atoms with E-state index in [2.05, 4.69) is 47.0 Å². The molecule has 0 amide bonds. The lowest BCUT2D eigenvalue weighted by molar-refractivity contribution is 0.466. The van der Waals surface area contributed by atoms with Crippen LogP contribution in [0.2, 0.25) is 0 Å². The molecule has 1 atom stereocenters. The molecule has 3 aromatic heterocycles. The van der Waals surface area contributed by atoms with E-state index in [0.717, 1.165) is 48.3 Å². The van der Waals surface area contributed by atoms with Crippen LogP contribution < -0.4 is 10.9 Å². The van der Waals surface area contributed by atoms with Crippen LogP contribution >= 0.6 is 0 Å². The van der Waals surface area contributed by atoms with E-state index >= 15 is 0 Å². The molecule has 1 aromatic carbocycles. The first-order valence-corrected chi connectivity index (χ1v) is 11.5. The normalized spacial score (nSPS) is 15.1. The second-order valence-corrected chi connectivity index (χ2v) is 8.48. The maximum atomic E-state index is 13.0. The summed E-state index contributed by atoms with van der Waals surface area (Å²) in [5.41, 5.74) is 7.70. The fraction of sp³-hybridized carbons (Fsp3) is 0.333. The van der Waals surface area contributed by atoms with Crippen molar-refractivity contribution in [2.75, 3.05) is 13.7 Å². The zero-order valence-electron chi connectivity index (χ0n) is 19.7. The number of halogens is 1. The number of aryl methyl sites for hydroxylation is 2. The van der Waals surface area contributed by atoms with Crippen molar-refractivity contribution in [1.29, 1.82) is 0 Å². The SMILES string of the molecule is CCCC1NCCc2c1c1ccc(-n3ccc(-c4ccc(C)nc4)cc3=O)cc1n2C.CF. The number of aromatic nitrogens is 3. The van der Waals surface area contributed by atoms with Crippen LogP contribution in [0.3, 0.4) is 0 Å². The van der Waals surface area contributed by atoms with Gasteiger partial charge in [-0.2, -0.15) is 0 Å². The van der Waals surface area contributed by atoms with Gasteiger partial charge in [-0.3, -0.25) is 18.7 Å². The van der Waals surface area contributed by atoms with Gasteiger partial charge < -0.3 is 9.88 Å². The molecule has 0 spiro atoms. The number of fused-ring (bicyclic) bond motifs is 3. The molecule has 0 radical (unpaired) electrons. The van der Waals surface area contributed by atoms with Gasteiger partial charge in [0.25, 0.3) is 5.56 Å². The maximum Gasteiger partial charge on any atom is 0.255 e. The van der Waals surface area contributed by atoms with E-state index in [1.165, 1.54) is 22.2 Å². The van der Waals surface area contributed by atoms with E-state index in [-0.39, 0.29) is 5.56 Å². The Labute approximate surface area is 193 Å². The minimum Gasteiger partial charge on any atom is -0.347 e. The fourth-order valence-electron chi connectivity index (χ4n) is 4.86. The van der Waals surface area contributed by atoms with E-state index in [1.807, 2.05) is 37.5 Å². The van der Waals surface area contributed by atoms with Gasteiger partial charge in [0.1, 0.15) is 0 Å². The van der Waals surface area contributed by atoms with Gasteiger partial charge in [0.2, 0.25) is 0 Å². The van der Waals surface area contributed by atoms with Crippen molar-refractivity contribution in [3.05, 3.63) is 82.2 Å². The molecule has 1 aliphatic rings. The number of hydrogen-bond acceptors (Lipinski definition) is 3. The lowest BCUT2D eigenvalue weighted by Crippen LogP contribution is -2.30. The number of hydrogen-bond donors (Lipinski definition) is 1. The lowest BCUT2D eigenvalue weighted by Gasteiger charge is -2.25. The Morgan fingerprint density at radius 3 is 2.64 bits per heavy atom. The Morgan fingerprint density at radius 2 is 1.94 bits per heavy atom. The predicted octanol–water partition coefficient (Wildman–Crippen LogP) is 5.27. The number of rotatable bonds is 4. The van der Waals surface area contributed by atoms with Crippen LogP contribution in [0.5, 0.6) is 0 Å². The number of benzene rings is 1. The summed E-state index contributed by atoms with van der Waals surface area (Å²) in [6, 6.07) is 14.4. The monoisotopic (exact) mass is 446 g/mol. The average Bonchev–Trinajstić information content (AvgIpc) is 3.13. The third kappa shape index (κ3) is 4.23. The average molecular weight is 447 g/mol. The highest BCUT2D eigenvalue weighted by molar-refractivity contribution is 5.88. The Kier molecular flexibility index (Phi) is 6.75. The molecule has 0 bridgehead atoms. The molecule has 4 aromatic rings. The zero-order valence-corrected chi connectivity index (χ0v) is 19.7. The van der Waals surface area contributed by atoms with Crippen molar-refractivity contribution in [2.24, 2.45) is 7.05 Å². The highest BCUT2D eigenvalue weighted by Crippen LogP contribution is 2.36. The summed E-state index contributed by atoms with van der Waals surface area (Å²) >= 11 is 0. The number of pyridine rings is 2. The minimum absolute atomic E-state index is 0.0399. The summed E-state index contributed by atoms with van der Waals surface area (Å²) in [6.45, 7) is 5.21. The number of nitrogens with zero attached hydrogens (tertiary/aromatic N) is 3. The Morgan fingerprint density at radius 1 is 1.12 bits per heavy atom. The Balaban J connectivity index is 0.00000126. The summed E-state index contributed by atoms with van der Waals surface area (Å²) in [6.07, 6.45) is 7.01. The van der Waals surface area contributed by atoms with Gasteiger partial charge in [-0.05, 0) is 48.7 Å². The van der Waals surface area contributed by atoms with Crippen LogP contribution in [0.1, 0.15) is 42.8 Å². The van der Waals surface area contributed by atoms with E-state index in [0.29, 0.717) is 13.2 Å². The predicted molar refractivity (Wildman–Crippen MR) is 133 cm³/mol. The summed E-state index contributed by atoms with van der Waals surface area (Å²) in [7, 11) is 2.65. The van der Waals surface area contributed by atoms with Gasteiger partial charge in [-0.15, -0.1) is 0 Å².